The molecule has 0 unspecified atom stereocenters. The minimum atomic E-state index is -0.0281. The number of fused-ring (bicyclic) bond motifs is 2. The number of aromatic nitrogens is 3. The van der Waals surface area contributed by atoms with Crippen LogP contribution < -0.4 is 5.56 Å². The molecule has 3 aromatic rings. The molecule has 1 aliphatic heterocycles. The third-order valence-electron chi connectivity index (χ3n) is 4.55. The van der Waals surface area contributed by atoms with Gasteiger partial charge in [0.1, 0.15) is 5.82 Å². The van der Waals surface area contributed by atoms with Crippen LogP contribution in [-0.2, 0) is 24.2 Å². The summed E-state index contributed by atoms with van der Waals surface area (Å²) in [5.41, 5.74) is 1.45. The Morgan fingerprint density at radius 3 is 2.72 bits per heavy atom. The molecule has 0 atom stereocenters. The predicted octanol–water partition coefficient (Wildman–Crippen LogP) is 1.42. The Morgan fingerprint density at radius 2 is 1.88 bits per heavy atom. The summed E-state index contributed by atoms with van der Waals surface area (Å²) in [6, 6.07) is 12.9. The molecule has 0 bridgehead atoms. The molecule has 126 valence electrons. The molecule has 6 nitrogen and oxygen atoms in total. The van der Waals surface area contributed by atoms with Crippen LogP contribution in [0, 0.1) is 0 Å². The molecule has 0 spiro atoms. The standard InChI is InChI=1S/C19H18N4O2/c24-18(13-14-5-3-4-9-20-14)22-10-8-17-21-16-7-2-1-6-15(16)19(25)23(17)12-11-22/h1-7,9H,8,10-13H2. The van der Waals surface area contributed by atoms with Crippen LogP contribution in [0.25, 0.3) is 10.9 Å². The van der Waals surface area contributed by atoms with Crippen molar-refractivity contribution in [2.75, 3.05) is 13.1 Å². The second-order valence-electron chi connectivity index (χ2n) is 6.13. The molecule has 3 heterocycles. The Kier molecular flexibility index (Phi) is 4.01. The van der Waals surface area contributed by atoms with Gasteiger partial charge in [-0.3, -0.25) is 19.1 Å². The number of para-hydroxylation sites is 1. The first kappa shape index (κ1) is 15.5. The number of nitrogens with zero attached hydrogens (tertiary/aromatic N) is 4. The molecule has 0 saturated carbocycles. The Balaban J connectivity index is 1.57. The Hall–Kier alpha value is -3.02. The SMILES string of the molecule is O=C(Cc1ccccn1)N1CCc2nc3ccccc3c(=O)n2CC1. The fourth-order valence-electron chi connectivity index (χ4n) is 3.22. The van der Waals surface area contributed by atoms with E-state index in [1.54, 1.807) is 21.7 Å². The van der Waals surface area contributed by atoms with E-state index in [9.17, 15) is 9.59 Å². The van der Waals surface area contributed by atoms with Crippen LogP contribution in [0.1, 0.15) is 11.5 Å². The molecule has 0 aliphatic carbocycles. The summed E-state index contributed by atoms with van der Waals surface area (Å²) in [6.45, 7) is 1.55. The maximum Gasteiger partial charge on any atom is 0.261 e. The number of rotatable bonds is 2. The van der Waals surface area contributed by atoms with Gasteiger partial charge in [-0.2, -0.15) is 0 Å². The number of pyridine rings is 1. The Bertz CT molecular complexity index is 982. The van der Waals surface area contributed by atoms with Crippen molar-refractivity contribution in [3.8, 4) is 0 Å². The van der Waals surface area contributed by atoms with Gasteiger partial charge in [0.2, 0.25) is 5.91 Å². The molecule has 2 aromatic heterocycles. The van der Waals surface area contributed by atoms with Crippen LogP contribution in [0.3, 0.4) is 0 Å². The third-order valence-corrected chi connectivity index (χ3v) is 4.55. The van der Waals surface area contributed by atoms with E-state index in [1.165, 1.54) is 0 Å². The lowest BCUT2D eigenvalue weighted by Gasteiger charge is -2.19. The van der Waals surface area contributed by atoms with Crippen molar-refractivity contribution in [3.63, 3.8) is 0 Å². The van der Waals surface area contributed by atoms with E-state index in [0.717, 1.165) is 11.5 Å². The van der Waals surface area contributed by atoms with Crippen LogP contribution >= 0.6 is 0 Å². The normalized spacial score (nSPS) is 14.2. The maximum atomic E-state index is 12.7. The van der Waals surface area contributed by atoms with Crippen molar-refractivity contribution in [3.05, 3.63) is 70.5 Å². The quantitative estimate of drug-likeness (QED) is 0.711. The fourth-order valence-corrected chi connectivity index (χ4v) is 3.22. The maximum absolute atomic E-state index is 12.7. The van der Waals surface area contributed by atoms with Crippen LogP contribution in [0.5, 0.6) is 0 Å². The van der Waals surface area contributed by atoms with E-state index in [1.807, 2.05) is 36.4 Å². The van der Waals surface area contributed by atoms with Crippen molar-refractivity contribution in [1.82, 2.24) is 19.4 Å². The van der Waals surface area contributed by atoms with E-state index in [-0.39, 0.29) is 17.9 Å². The number of carbonyl (C=O) groups excluding carboxylic acids is 1. The number of hydrogen-bond donors (Lipinski definition) is 0. The molecular formula is C19H18N4O2. The lowest BCUT2D eigenvalue weighted by atomic mass is 10.2. The highest BCUT2D eigenvalue weighted by atomic mass is 16.2. The van der Waals surface area contributed by atoms with Crippen molar-refractivity contribution in [2.24, 2.45) is 0 Å². The Morgan fingerprint density at radius 1 is 1.04 bits per heavy atom. The highest BCUT2D eigenvalue weighted by Crippen LogP contribution is 2.12. The molecule has 0 radical (unpaired) electrons. The second kappa shape index (κ2) is 6.47. The number of carbonyl (C=O) groups is 1. The summed E-state index contributed by atoms with van der Waals surface area (Å²) < 4.78 is 1.70. The highest BCUT2D eigenvalue weighted by Gasteiger charge is 2.21. The van der Waals surface area contributed by atoms with Crippen molar-refractivity contribution in [1.29, 1.82) is 0 Å². The van der Waals surface area contributed by atoms with E-state index < -0.39 is 0 Å². The van der Waals surface area contributed by atoms with E-state index in [4.69, 9.17) is 0 Å². The van der Waals surface area contributed by atoms with Crippen molar-refractivity contribution >= 4 is 16.8 Å². The largest absolute Gasteiger partial charge is 0.340 e. The van der Waals surface area contributed by atoms with E-state index in [2.05, 4.69) is 9.97 Å². The zero-order chi connectivity index (χ0) is 17.2. The minimum absolute atomic E-state index is 0.0281. The Labute approximate surface area is 144 Å². The summed E-state index contributed by atoms with van der Waals surface area (Å²) in [6.07, 6.45) is 2.55. The second-order valence-corrected chi connectivity index (χ2v) is 6.13. The molecule has 1 aromatic carbocycles. The number of amides is 1. The average Bonchev–Trinajstić information content (AvgIpc) is 2.86. The molecular weight excluding hydrogens is 316 g/mol. The van der Waals surface area contributed by atoms with Gasteiger partial charge in [-0.25, -0.2) is 4.98 Å². The van der Waals surface area contributed by atoms with Crippen LogP contribution in [0.4, 0.5) is 0 Å². The lowest BCUT2D eigenvalue weighted by Crippen LogP contribution is -2.35. The molecule has 4 rings (SSSR count). The van der Waals surface area contributed by atoms with Gasteiger partial charge < -0.3 is 4.90 Å². The van der Waals surface area contributed by atoms with E-state index >= 15 is 0 Å². The van der Waals surface area contributed by atoms with Crippen molar-refractivity contribution in [2.45, 2.75) is 19.4 Å². The third kappa shape index (κ3) is 3.03. The molecule has 1 aliphatic rings. The van der Waals surface area contributed by atoms with Gasteiger partial charge in [-0.05, 0) is 24.3 Å². The number of benzene rings is 1. The number of hydrogen-bond acceptors (Lipinski definition) is 4. The lowest BCUT2D eigenvalue weighted by molar-refractivity contribution is -0.130. The first-order valence-corrected chi connectivity index (χ1v) is 8.38. The fraction of sp³-hybridized carbons (Fsp3) is 0.263. The molecule has 6 heteroatoms. The van der Waals surface area contributed by atoms with E-state index in [0.29, 0.717) is 37.0 Å². The van der Waals surface area contributed by atoms with Gasteiger partial charge >= 0.3 is 0 Å². The summed E-state index contributed by atoms with van der Waals surface area (Å²) in [5.74, 6) is 0.779. The van der Waals surface area contributed by atoms with Crippen LogP contribution in [-0.4, -0.2) is 38.4 Å². The first-order chi connectivity index (χ1) is 12.2. The topological polar surface area (TPSA) is 68.1 Å². The van der Waals surface area contributed by atoms with Gasteiger partial charge in [0, 0.05) is 37.9 Å². The van der Waals surface area contributed by atoms with Gasteiger partial charge in [-0.15, -0.1) is 0 Å². The summed E-state index contributed by atoms with van der Waals surface area (Å²) in [7, 11) is 0. The summed E-state index contributed by atoms with van der Waals surface area (Å²) in [5, 5.41) is 0.625. The zero-order valence-corrected chi connectivity index (χ0v) is 13.8. The van der Waals surface area contributed by atoms with Crippen molar-refractivity contribution < 1.29 is 4.79 Å². The molecule has 0 saturated heterocycles. The molecule has 0 fully saturated rings. The van der Waals surface area contributed by atoms with Gasteiger partial charge in [0.05, 0.1) is 17.3 Å². The van der Waals surface area contributed by atoms with Gasteiger partial charge in [0.15, 0.2) is 0 Å². The first-order valence-electron chi connectivity index (χ1n) is 8.38. The average molecular weight is 334 g/mol. The molecule has 0 N–H and O–H groups in total. The molecule has 25 heavy (non-hydrogen) atoms. The predicted molar refractivity (Wildman–Crippen MR) is 94.2 cm³/mol. The summed E-state index contributed by atoms with van der Waals surface area (Å²) >= 11 is 0. The van der Waals surface area contributed by atoms with Crippen LogP contribution in [0.15, 0.2) is 53.5 Å². The minimum Gasteiger partial charge on any atom is -0.340 e. The highest BCUT2D eigenvalue weighted by molar-refractivity contribution is 5.79. The monoisotopic (exact) mass is 334 g/mol. The smallest absolute Gasteiger partial charge is 0.261 e. The summed E-state index contributed by atoms with van der Waals surface area (Å²) in [4.78, 5) is 35.9. The zero-order valence-electron chi connectivity index (χ0n) is 13.8. The molecule has 1 amide bonds. The van der Waals surface area contributed by atoms with Crippen LogP contribution in [0.2, 0.25) is 0 Å². The van der Waals surface area contributed by atoms with Gasteiger partial charge in [-0.1, -0.05) is 18.2 Å². The van der Waals surface area contributed by atoms with Gasteiger partial charge in [0.25, 0.3) is 5.56 Å².